The van der Waals surface area contributed by atoms with Crippen molar-refractivity contribution in [1.29, 1.82) is 0 Å². The molecule has 0 spiro atoms. The van der Waals surface area contributed by atoms with E-state index in [9.17, 15) is 9.90 Å². The maximum absolute atomic E-state index is 12.1. The van der Waals surface area contributed by atoms with Gasteiger partial charge in [0.1, 0.15) is 17.6 Å². The Morgan fingerprint density at radius 1 is 1.33 bits per heavy atom. The molecular formula is C18H18N2O3S. The minimum atomic E-state index is -0.866. The molecule has 0 saturated heterocycles. The molecule has 0 saturated carbocycles. The van der Waals surface area contributed by atoms with Crippen molar-refractivity contribution in [1.82, 2.24) is 10.3 Å². The summed E-state index contributed by atoms with van der Waals surface area (Å²) in [7, 11) is 0. The minimum absolute atomic E-state index is 0.0805. The molecule has 2 N–H and O–H groups in total. The van der Waals surface area contributed by atoms with Gasteiger partial charge in [0.05, 0.1) is 17.8 Å². The van der Waals surface area contributed by atoms with Crippen LogP contribution < -0.4 is 5.32 Å². The van der Waals surface area contributed by atoms with E-state index in [4.69, 9.17) is 4.42 Å². The summed E-state index contributed by atoms with van der Waals surface area (Å²) in [6.07, 6.45) is 1.32. The van der Waals surface area contributed by atoms with Crippen LogP contribution in [0.1, 0.15) is 38.5 Å². The van der Waals surface area contributed by atoms with E-state index in [0.29, 0.717) is 17.9 Å². The number of furan rings is 1. The van der Waals surface area contributed by atoms with Gasteiger partial charge in [-0.05, 0) is 24.6 Å². The van der Waals surface area contributed by atoms with Gasteiger partial charge < -0.3 is 14.8 Å². The smallest absolute Gasteiger partial charge is 0.270 e. The molecule has 6 heteroatoms. The predicted molar refractivity (Wildman–Crippen MR) is 92.1 cm³/mol. The molecule has 3 rings (SSSR count). The second-order valence-electron chi connectivity index (χ2n) is 5.53. The fourth-order valence-electron chi connectivity index (χ4n) is 2.24. The van der Waals surface area contributed by atoms with Crippen LogP contribution in [0, 0.1) is 6.92 Å². The number of carbonyl (C=O) groups excluding carboxylic acids is 1. The first-order valence-electron chi connectivity index (χ1n) is 7.61. The Bertz CT molecular complexity index is 794. The quantitative estimate of drug-likeness (QED) is 0.722. The predicted octanol–water partition coefficient (Wildman–Crippen LogP) is 3.10. The number of aliphatic hydroxyl groups excluding tert-OH is 1. The van der Waals surface area contributed by atoms with Crippen LogP contribution in [0.5, 0.6) is 0 Å². The van der Waals surface area contributed by atoms with Gasteiger partial charge in [-0.15, -0.1) is 11.3 Å². The Labute approximate surface area is 144 Å². The van der Waals surface area contributed by atoms with E-state index in [1.165, 1.54) is 23.2 Å². The number of hydrogen-bond acceptors (Lipinski definition) is 5. The van der Waals surface area contributed by atoms with Crippen LogP contribution in [0.3, 0.4) is 0 Å². The molecule has 1 aromatic carbocycles. The van der Waals surface area contributed by atoms with Gasteiger partial charge >= 0.3 is 0 Å². The van der Waals surface area contributed by atoms with Gasteiger partial charge in [-0.3, -0.25) is 4.79 Å². The number of benzene rings is 1. The lowest BCUT2D eigenvalue weighted by molar-refractivity contribution is 0.0897. The molecule has 1 atom stereocenters. The largest absolute Gasteiger partial charge is 0.467 e. The molecule has 3 aromatic rings. The van der Waals surface area contributed by atoms with E-state index in [1.807, 2.05) is 6.92 Å². The molecule has 0 fully saturated rings. The molecule has 24 heavy (non-hydrogen) atoms. The summed E-state index contributed by atoms with van der Waals surface area (Å²) in [5, 5.41) is 15.2. The molecule has 0 bridgehead atoms. The summed E-state index contributed by atoms with van der Waals surface area (Å²) in [5.41, 5.74) is 2.75. The normalized spacial score (nSPS) is 12.1. The van der Waals surface area contributed by atoms with Crippen molar-refractivity contribution in [2.75, 3.05) is 6.54 Å². The molecule has 1 amide bonds. The maximum Gasteiger partial charge on any atom is 0.270 e. The summed E-state index contributed by atoms with van der Waals surface area (Å²) in [6, 6.07) is 11.6. The number of thiazole rings is 1. The third kappa shape index (κ3) is 4.10. The summed E-state index contributed by atoms with van der Waals surface area (Å²) >= 11 is 1.46. The third-order valence-corrected chi connectivity index (χ3v) is 4.44. The highest BCUT2D eigenvalue weighted by Gasteiger charge is 2.15. The lowest BCUT2D eigenvalue weighted by Crippen LogP contribution is -2.28. The number of aromatic nitrogens is 1. The van der Waals surface area contributed by atoms with Crippen molar-refractivity contribution in [2.24, 2.45) is 0 Å². The zero-order chi connectivity index (χ0) is 16.9. The monoisotopic (exact) mass is 342 g/mol. The lowest BCUT2D eigenvalue weighted by Gasteiger charge is -2.08. The van der Waals surface area contributed by atoms with Gasteiger partial charge in [0.15, 0.2) is 0 Å². The summed E-state index contributed by atoms with van der Waals surface area (Å²) in [4.78, 5) is 16.5. The number of hydrogen-bond donors (Lipinski definition) is 2. The van der Waals surface area contributed by atoms with Gasteiger partial charge in [-0.25, -0.2) is 4.98 Å². The molecule has 1 unspecified atom stereocenters. The number of amides is 1. The molecule has 0 aliphatic carbocycles. The van der Waals surface area contributed by atoms with Crippen LogP contribution >= 0.6 is 11.3 Å². The van der Waals surface area contributed by atoms with E-state index in [0.717, 1.165) is 10.6 Å². The van der Waals surface area contributed by atoms with Crippen molar-refractivity contribution in [3.63, 3.8) is 0 Å². The molecule has 124 valence electrons. The van der Waals surface area contributed by atoms with E-state index in [1.54, 1.807) is 17.5 Å². The average molecular weight is 342 g/mol. The highest BCUT2D eigenvalue weighted by Crippen LogP contribution is 2.16. The van der Waals surface area contributed by atoms with E-state index < -0.39 is 6.10 Å². The highest BCUT2D eigenvalue weighted by molar-refractivity contribution is 7.09. The van der Waals surface area contributed by atoms with Crippen molar-refractivity contribution in [3.8, 4) is 0 Å². The van der Waals surface area contributed by atoms with Crippen LogP contribution in [-0.2, 0) is 6.42 Å². The van der Waals surface area contributed by atoms with E-state index >= 15 is 0 Å². The van der Waals surface area contributed by atoms with Gasteiger partial charge in [0, 0.05) is 11.8 Å². The zero-order valence-corrected chi connectivity index (χ0v) is 14.0. The van der Waals surface area contributed by atoms with E-state index in [-0.39, 0.29) is 12.5 Å². The third-order valence-electron chi connectivity index (χ3n) is 3.59. The fourth-order valence-corrected chi connectivity index (χ4v) is 3.05. The Balaban J connectivity index is 1.56. The van der Waals surface area contributed by atoms with Crippen LogP contribution in [0.2, 0.25) is 0 Å². The van der Waals surface area contributed by atoms with Crippen molar-refractivity contribution in [3.05, 3.63) is 75.6 Å². The minimum Gasteiger partial charge on any atom is -0.467 e. The Hall–Kier alpha value is -2.44. The van der Waals surface area contributed by atoms with E-state index in [2.05, 4.69) is 34.6 Å². The number of aliphatic hydroxyl groups is 1. The van der Waals surface area contributed by atoms with Crippen LogP contribution in [-0.4, -0.2) is 22.5 Å². The van der Waals surface area contributed by atoms with Gasteiger partial charge in [0.2, 0.25) is 0 Å². The topological polar surface area (TPSA) is 75.4 Å². The Morgan fingerprint density at radius 3 is 2.83 bits per heavy atom. The molecule has 5 nitrogen and oxygen atoms in total. The van der Waals surface area contributed by atoms with Crippen molar-refractivity contribution < 1.29 is 14.3 Å². The highest BCUT2D eigenvalue weighted by atomic mass is 32.1. The summed E-state index contributed by atoms with van der Waals surface area (Å²) in [5.74, 6) is 0.126. The first kappa shape index (κ1) is 16.4. The number of rotatable bonds is 6. The average Bonchev–Trinajstić information content (AvgIpc) is 3.26. The molecule has 2 aromatic heterocycles. The number of nitrogens with one attached hydrogen (secondary N) is 1. The number of carbonyl (C=O) groups is 1. The zero-order valence-electron chi connectivity index (χ0n) is 13.2. The van der Waals surface area contributed by atoms with Crippen molar-refractivity contribution in [2.45, 2.75) is 19.4 Å². The van der Waals surface area contributed by atoms with Gasteiger partial charge in [0.25, 0.3) is 5.91 Å². The molecule has 2 heterocycles. The van der Waals surface area contributed by atoms with Gasteiger partial charge in [-0.2, -0.15) is 0 Å². The molecular weight excluding hydrogens is 324 g/mol. The van der Waals surface area contributed by atoms with Crippen LogP contribution in [0.15, 0.2) is 52.5 Å². The number of nitrogens with zero attached hydrogens (tertiary/aromatic N) is 1. The Morgan fingerprint density at radius 2 is 2.12 bits per heavy atom. The van der Waals surface area contributed by atoms with Crippen LogP contribution in [0.25, 0.3) is 0 Å². The second-order valence-corrected chi connectivity index (χ2v) is 6.47. The van der Waals surface area contributed by atoms with Crippen molar-refractivity contribution >= 4 is 17.2 Å². The maximum atomic E-state index is 12.1. The number of aryl methyl sites for hydroxylation is 1. The first-order chi connectivity index (χ1) is 11.6. The van der Waals surface area contributed by atoms with Crippen LogP contribution in [0.4, 0.5) is 0 Å². The Kier molecular flexibility index (Phi) is 5.08. The second kappa shape index (κ2) is 7.42. The SMILES string of the molecule is Cc1ccc(Cc2nc(C(=O)NCC(O)c3ccco3)cs2)cc1. The summed E-state index contributed by atoms with van der Waals surface area (Å²) < 4.78 is 5.10. The molecule has 0 radical (unpaired) electrons. The fraction of sp³-hybridized carbons (Fsp3) is 0.222. The van der Waals surface area contributed by atoms with Gasteiger partial charge in [-0.1, -0.05) is 29.8 Å². The first-order valence-corrected chi connectivity index (χ1v) is 8.49. The molecule has 0 aliphatic heterocycles. The standard InChI is InChI=1S/C18H18N2O3S/c1-12-4-6-13(7-5-12)9-17-20-14(11-24-17)18(22)19-10-15(21)16-3-2-8-23-16/h2-8,11,15,21H,9-10H2,1H3,(H,19,22). The summed E-state index contributed by atoms with van der Waals surface area (Å²) in [6.45, 7) is 2.13. The molecule has 0 aliphatic rings. The lowest BCUT2D eigenvalue weighted by atomic mass is 10.1.